The van der Waals surface area contributed by atoms with Crippen LogP contribution in [0.1, 0.15) is 34.5 Å². The van der Waals surface area contributed by atoms with Crippen LogP contribution in [-0.4, -0.2) is 27.4 Å². The standard InChI is InChI=1S/C10H13NO3/c12-6-10(13)8-5-11(14)9-4-2-1-3-7(8)9/h5,12,14H,1-4,6H2. The number of rotatable bonds is 2. The fraction of sp³-hybridized carbons (Fsp3) is 0.500. The van der Waals surface area contributed by atoms with Crippen molar-refractivity contribution in [3.05, 3.63) is 23.0 Å². The van der Waals surface area contributed by atoms with Crippen LogP contribution in [0.3, 0.4) is 0 Å². The van der Waals surface area contributed by atoms with Gasteiger partial charge in [0.05, 0.1) is 11.9 Å². The summed E-state index contributed by atoms with van der Waals surface area (Å²) in [5, 5.41) is 18.3. The number of Topliss-reactive ketones (excluding diaryl/α,β-unsaturated/α-hetero) is 1. The first-order valence-corrected chi connectivity index (χ1v) is 4.80. The molecule has 2 rings (SSSR count). The third-order valence-corrected chi connectivity index (χ3v) is 2.74. The summed E-state index contributed by atoms with van der Waals surface area (Å²) in [6, 6.07) is 0. The van der Waals surface area contributed by atoms with Crippen molar-refractivity contribution >= 4 is 5.78 Å². The lowest BCUT2D eigenvalue weighted by Crippen LogP contribution is -2.09. The highest BCUT2D eigenvalue weighted by atomic mass is 16.5. The summed E-state index contributed by atoms with van der Waals surface area (Å²) in [6.45, 7) is -0.490. The number of ketones is 1. The van der Waals surface area contributed by atoms with E-state index in [2.05, 4.69) is 0 Å². The van der Waals surface area contributed by atoms with Crippen LogP contribution >= 0.6 is 0 Å². The van der Waals surface area contributed by atoms with Gasteiger partial charge in [-0.1, -0.05) is 0 Å². The first kappa shape index (κ1) is 9.27. The molecule has 0 aliphatic heterocycles. The molecule has 0 radical (unpaired) electrons. The van der Waals surface area contributed by atoms with Crippen molar-refractivity contribution < 1.29 is 15.1 Å². The van der Waals surface area contributed by atoms with Crippen molar-refractivity contribution in [1.82, 2.24) is 4.73 Å². The number of aliphatic hydroxyl groups is 1. The minimum Gasteiger partial charge on any atom is -0.429 e. The number of carbonyl (C=O) groups is 1. The van der Waals surface area contributed by atoms with Gasteiger partial charge in [0.25, 0.3) is 0 Å². The lowest BCUT2D eigenvalue weighted by Gasteiger charge is -2.12. The first-order valence-electron chi connectivity index (χ1n) is 4.80. The Balaban J connectivity index is 2.46. The van der Waals surface area contributed by atoms with Gasteiger partial charge >= 0.3 is 0 Å². The van der Waals surface area contributed by atoms with Gasteiger partial charge in [0.2, 0.25) is 0 Å². The molecule has 4 heteroatoms. The molecule has 0 atom stereocenters. The van der Waals surface area contributed by atoms with Crippen molar-refractivity contribution in [2.75, 3.05) is 6.61 Å². The van der Waals surface area contributed by atoms with Crippen LogP contribution in [0.4, 0.5) is 0 Å². The van der Waals surface area contributed by atoms with Gasteiger partial charge in [-0.25, -0.2) is 0 Å². The second-order valence-electron chi connectivity index (χ2n) is 3.60. The number of hydrogen-bond acceptors (Lipinski definition) is 3. The molecular weight excluding hydrogens is 182 g/mol. The summed E-state index contributed by atoms with van der Waals surface area (Å²) in [7, 11) is 0. The molecule has 1 aromatic heterocycles. The van der Waals surface area contributed by atoms with Gasteiger partial charge in [-0.2, -0.15) is 4.73 Å². The summed E-state index contributed by atoms with van der Waals surface area (Å²) in [5.41, 5.74) is 2.22. The van der Waals surface area contributed by atoms with Crippen LogP contribution in [0.15, 0.2) is 6.20 Å². The number of carbonyl (C=O) groups excluding carboxylic acids is 1. The summed E-state index contributed by atoms with van der Waals surface area (Å²) in [6.07, 6.45) is 5.14. The van der Waals surface area contributed by atoms with E-state index >= 15 is 0 Å². The number of nitrogens with zero attached hydrogens (tertiary/aromatic N) is 1. The van der Waals surface area contributed by atoms with Crippen LogP contribution in [-0.2, 0) is 12.8 Å². The molecule has 1 aliphatic rings. The SMILES string of the molecule is O=C(CO)c1cn(O)c2c1CCCC2. The van der Waals surface area contributed by atoms with Gasteiger partial charge in [-0.3, -0.25) is 4.79 Å². The van der Waals surface area contributed by atoms with Gasteiger partial charge in [0.1, 0.15) is 6.61 Å². The van der Waals surface area contributed by atoms with Crippen molar-refractivity contribution in [2.45, 2.75) is 25.7 Å². The molecule has 1 heterocycles. The highest BCUT2D eigenvalue weighted by Gasteiger charge is 2.22. The Morgan fingerprint density at radius 2 is 2.14 bits per heavy atom. The van der Waals surface area contributed by atoms with Crippen LogP contribution in [0, 0.1) is 0 Å². The summed E-state index contributed by atoms with van der Waals surface area (Å²) in [5.74, 6) is -0.309. The Morgan fingerprint density at radius 1 is 1.43 bits per heavy atom. The predicted octanol–water partition coefficient (Wildman–Crippen LogP) is 0.779. The zero-order valence-electron chi connectivity index (χ0n) is 7.86. The van der Waals surface area contributed by atoms with E-state index in [9.17, 15) is 10.0 Å². The Bertz CT molecular complexity index is 368. The molecule has 0 amide bonds. The van der Waals surface area contributed by atoms with Gasteiger partial charge in [-0.05, 0) is 31.2 Å². The van der Waals surface area contributed by atoms with Crippen LogP contribution in [0.25, 0.3) is 0 Å². The van der Waals surface area contributed by atoms with E-state index in [1.807, 2.05) is 0 Å². The lowest BCUT2D eigenvalue weighted by atomic mass is 9.94. The molecule has 0 bridgehead atoms. The molecule has 0 fully saturated rings. The summed E-state index contributed by atoms with van der Waals surface area (Å²) in [4.78, 5) is 11.3. The van der Waals surface area contributed by atoms with Crippen LogP contribution < -0.4 is 0 Å². The lowest BCUT2D eigenvalue weighted by molar-refractivity contribution is 0.0901. The Morgan fingerprint density at radius 3 is 2.86 bits per heavy atom. The Kier molecular flexibility index (Phi) is 2.29. The Labute approximate surface area is 81.7 Å². The number of aliphatic hydroxyl groups excluding tert-OH is 1. The number of hydrogen-bond donors (Lipinski definition) is 2. The van der Waals surface area contributed by atoms with E-state index in [0.717, 1.165) is 41.7 Å². The second-order valence-corrected chi connectivity index (χ2v) is 3.60. The van der Waals surface area contributed by atoms with Gasteiger partial charge in [0, 0.05) is 5.56 Å². The largest absolute Gasteiger partial charge is 0.429 e. The van der Waals surface area contributed by atoms with Crippen molar-refractivity contribution in [1.29, 1.82) is 0 Å². The summed E-state index contributed by atoms with van der Waals surface area (Å²) >= 11 is 0. The van der Waals surface area contributed by atoms with E-state index in [0.29, 0.717) is 5.56 Å². The molecule has 0 saturated carbocycles. The van der Waals surface area contributed by atoms with Crippen molar-refractivity contribution in [3.63, 3.8) is 0 Å². The monoisotopic (exact) mass is 195 g/mol. The van der Waals surface area contributed by atoms with Gasteiger partial charge in [-0.15, -0.1) is 0 Å². The molecule has 76 valence electrons. The minimum absolute atomic E-state index is 0.309. The third kappa shape index (κ3) is 1.32. The fourth-order valence-electron chi connectivity index (χ4n) is 2.04. The maximum absolute atomic E-state index is 11.3. The summed E-state index contributed by atoms with van der Waals surface area (Å²) < 4.78 is 1.03. The molecule has 14 heavy (non-hydrogen) atoms. The van der Waals surface area contributed by atoms with E-state index in [4.69, 9.17) is 5.11 Å². The maximum atomic E-state index is 11.3. The molecule has 0 unspecified atom stereocenters. The number of aromatic nitrogens is 1. The second kappa shape index (κ2) is 3.46. The van der Waals surface area contributed by atoms with Crippen LogP contribution in [0.5, 0.6) is 0 Å². The molecule has 0 saturated heterocycles. The zero-order chi connectivity index (χ0) is 10.1. The smallest absolute Gasteiger partial charge is 0.190 e. The highest BCUT2D eigenvalue weighted by Crippen LogP contribution is 2.25. The van der Waals surface area contributed by atoms with E-state index < -0.39 is 6.61 Å². The topological polar surface area (TPSA) is 62.5 Å². The van der Waals surface area contributed by atoms with Crippen molar-refractivity contribution in [2.24, 2.45) is 0 Å². The maximum Gasteiger partial charge on any atom is 0.190 e. The van der Waals surface area contributed by atoms with Crippen LogP contribution in [0.2, 0.25) is 0 Å². The third-order valence-electron chi connectivity index (χ3n) is 2.74. The van der Waals surface area contributed by atoms with Gasteiger partial charge in [0.15, 0.2) is 5.78 Å². The average molecular weight is 195 g/mol. The highest BCUT2D eigenvalue weighted by molar-refractivity contribution is 5.98. The normalized spacial score (nSPS) is 15.2. The molecule has 4 nitrogen and oxygen atoms in total. The van der Waals surface area contributed by atoms with E-state index in [1.165, 1.54) is 6.20 Å². The molecule has 2 N–H and O–H groups in total. The minimum atomic E-state index is -0.490. The average Bonchev–Trinajstić information content (AvgIpc) is 2.56. The fourth-order valence-corrected chi connectivity index (χ4v) is 2.04. The van der Waals surface area contributed by atoms with E-state index in [1.54, 1.807) is 0 Å². The number of fused-ring (bicyclic) bond motifs is 1. The quantitative estimate of drug-likeness (QED) is 0.541. The van der Waals surface area contributed by atoms with E-state index in [-0.39, 0.29) is 5.78 Å². The molecule has 0 spiro atoms. The molecule has 0 aromatic carbocycles. The predicted molar refractivity (Wildman–Crippen MR) is 49.7 cm³/mol. The van der Waals surface area contributed by atoms with Crippen molar-refractivity contribution in [3.8, 4) is 0 Å². The van der Waals surface area contributed by atoms with Gasteiger partial charge < -0.3 is 10.3 Å². The zero-order valence-corrected chi connectivity index (χ0v) is 7.86. The first-order chi connectivity index (χ1) is 6.74. The molecule has 1 aromatic rings. The molecular formula is C10H13NO3. The Hall–Kier alpha value is -1.29. The molecule has 1 aliphatic carbocycles.